The van der Waals surface area contributed by atoms with Gasteiger partial charge in [-0.1, -0.05) is 25.3 Å². The van der Waals surface area contributed by atoms with Crippen LogP contribution in [0.3, 0.4) is 0 Å². The maximum absolute atomic E-state index is 4.54. The number of nitrogens with zero attached hydrogens (tertiary/aromatic N) is 3. The fourth-order valence-electron chi connectivity index (χ4n) is 4.93. The summed E-state index contributed by atoms with van der Waals surface area (Å²) in [5, 5.41) is 7.41. The highest BCUT2D eigenvalue weighted by atomic mass is 127. The van der Waals surface area contributed by atoms with Crippen LogP contribution in [0.2, 0.25) is 0 Å². The minimum Gasteiger partial charge on any atom is -0.355 e. The second-order valence-electron chi connectivity index (χ2n) is 8.32. The molecule has 7 heteroatoms. The Morgan fingerprint density at radius 1 is 1.14 bits per heavy atom. The van der Waals surface area contributed by atoms with Crippen LogP contribution in [0.25, 0.3) is 0 Å². The van der Waals surface area contributed by atoms with E-state index >= 15 is 0 Å². The van der Waals surface area contributed by atoms with Crippen LogP contribution in [-0.2, 0) is 0 Å². The smallest absolute Gasteiger partial charge is 0.191 e. The molecule has 2 N–H and O–H groups in total. The molecular weight excluding hydrogens is 481 g/mol. The number of hydrogen-bond donors (Lipinski definition) is 2. The molecule has 28 heavy (non-hydrogen) atoms. The van der Waals surface area contributed by atoms with E-state index in [1.54, 1.807) is 0 Å². The predicted molar refractivity (Wildman–Crippen MR) is 134 cm³/mol. The Morgan fingerprint density at radius 3 is 2.43 bits per heavy atom. The van der Waals surface area contributed by atoms with Crippen LogP contribution >= 0.6 is 35.7 Å². The summed E-state index contributed by atoms with van der Waals surface area (Å²) in [7, 11) is 1.91. The van der Waals surface area contributed by atoms with Gasteiger partial charge < -0.3 is 10.6 Å². The van der Waals surface area contributed by atoms with Crippen molar-refractivity contribution in [2.24, 2.45) is 4.99 Å². The van der Waals surface area contributed by atoms with Gasteiger partial charge in [0.05, 0.1) is 0 Å². The number of piperidine rings is 1. The van der Waals surface area contributed by atoms with Crippen molar-refractivity contribution in [1.82, 2.24) is 20.4 Å². The predicted octanol–water partition coefficient (Wildman–Crippen LogP) is 3.17. The third kappa shape index (κ3) is 6.77. The average Bonchev–Trinajstić information content (AvgIpc) is 2.74. The quantitative estimate of drug-likeness (QED) is 0.243. The lowest BCUT2D eigenvalue weighted by Crippen LogP contribution is -2.60. The van der Waals surface area contributed by atoms with Crippen molar-refractivity contribution in [3.05, 3.63) is 12.7 Å². The first-order valence-corrected chi connectivity index (χ1v) is 12.0. The van der Waals surface area contributed by atoms with Crippen molar-refractivity contribution in [2.45, 2.75) is 56.5 Å². The highest BCUT2D eigenvalue weighted by Crippen LogP contribution is 2.34. The summed E-state index contributed by atoms with van der Waals surface area (Å²) in [6, 6.07) is 0.533. The summed E-state index contributed by atoms with van der Waals surface area (Å²) >= 11 is 2.11. The van der Waals surface area contributed by atoms with Crippen LogP contribution in [-0.4, -0.2) is 85.2 Å². The zero-order valence-electron chi connectivity index (χ0n) is 17.6. The monoisotopic (exact) mass is 521 g/mol. The number of nitrogens with one attached hydrogen (secondary N) is 2. The molecule has 0 radical (unpaired) electrons. The molecule has 162 valence electrons. The summed E-state index contributed by atoms with van der Waals surface area (Å²) < 4.78 is 0. The van der Waals surface area contributed by atoms with Crippen molar-refractivity contribution < 1.29 is 0 Å². The molecule has 0 aromatic rings. The van der Waals surface area contributed by atoms with Gasteiger partial charge in [0.2, 0.25) is 0 Å². The van der Waals surface area contributed by atoms with Crippen molar-refractivity contribution >= 4 is 41.7 Å². The van der Waals surface area contributed by atoms with Crippen LogP contribution in [0, 0.1) is 0 Å². The third-order valence-corrected chi connectivity index (χ3v) is 7.53. The van der Waals surface area contributed by atoms with Crippen molar-refractivity contribution in [3.8, 4) is 0 Å². The molecule has 0 amide bonds. The maximum atomic E-state index is 4.54. The van der Waals surface area contributed by atoms with Crippen molar-refractivity contribution in [3.63, 3.8) is 0 Å². The molecule has 0 unspecified atom stereocenters. The summed E-state index contributed by atoms with van der Waals surface area (Å²) in [5.74, 6) is 3.57. The Bertz CT molecular complexity index is 481. The summed E-state index contributed by atoms with van der Waals surface area (Å²) in [4.78, 5) is 9.81. The van der Waals surface area contributed by atoms with Gasteiger partial charge in [-0.2, -0.15) is 11.8 Å². The molecule has 2 saturated heterocycles. The van der Waals surface area contributed by atoms with Crippen LogP contribution < -0.4 is 10.6 Å². The van der Waals surface area contributed by atoms with Crippen LogP contribution in [0.15, 0.2) is 17.6 Å². The molecule has 0 aromatic carbocycles. The number of likely N-dealkylation sites (tertiary alicyclic amines) is 1. The van der Waals surface area contributed by atoms with Gasteiger partial charge in [-0.3, -0.25) is 14.8 Å². The third-order valence-electron chi connectivity index (χ3n) is 6.59. The van der Waals surface area contributed by atoms with Gasteiger partial charge in [-0.15, -0.1) is 30.6 Å². The van der Waals surface area contributed by atoms with Crippen LogP contribution in [0.1, 0.15) is 44.9 Å². The maximum Gasteiger partial charge on any atom is 0.191 e. The normalized spacial score (nSPS) is 25.0. The molecule has 0 atom stereocenters. The second-order valence-corrected chi connectivity index (χ2v) is 9.54. The first kappa shape index (κ1) is 24.3. The zero-order valence-corrected chi connectivity index (χ0v) is 20.8. The van der Waals surface area contributed by atoms with E-state index in [0.29, 0.717) is 11.6 Å². The highest BCUT2D eigenvalue weighted by molar-refractivity contribution is 14.0. The lowest BCUT2D eigenvalue weighted by atomic mass is 9.80. The van der Waals surface area contributed by atoms with E-state index < -0.39 is 0 Å². The lowest BCUT2D eigenvalue weighted by Gasteiger charge is -2.48. The number of hydrogen-bond acceptors (Lipinski definition) is 4. The van der Waals surface area contributed by atoms with Gasteiger partial charge in [-0.25, -0.2) is 0 Å². The zero-order chi connectivity index (χ0) is 19.0. The Labute approximate surface area is 193 Å². The van der Waals surface area contributed by atoms with Crippen molar-refractivity contribution in [2.75, 3.05) is 57.8 Å². The molecule has 2 aliphatic heterocycles. The summed E-state index contributed by atoms with van der Waals surface area (Å²) in [6.07, 6.45) is 11.2. The van der Waals surface area contributed by atoms with Gasteiger partial charge in [-0.05, 0) is 25.7 Å². The van der Waals surface area contributed by atoms with E-state index in [1.165, 1.54) is 69.5 Å². The van der Waals surface area contributed by atoms with Gasteiger partial charge in [0.1, 0.15) is 0 Å². The first-order chi connectivity index (χ1) is 13.3. The molecule has 1 saturated carbocycles. The Hall–Kier alpha value is 0.01000. The Balaban J connectivity index is 0.00000280. The van der Waals surface area contributed by atoms with E-state index in [2.05, 4.69) is 43.8 Å². The number of guanidine groups is 1. The molecule has 3 fully saturated rings. The molecule has 1 aliphatic carbocycles. The molecule has 0 aromatic heterocycles. The number of thioether (sulfide) groups is 1. The molecule has 5 nitrogen and oxygen atoms in total. The fourth-order valence-corrected chi connectivity index (χ4v) is 5.83. The van der Waals surface area contributed by atoms with E-state index in [0.717, 1.165) is 32.1 Å². The minimum atomic E-state index is 0. The number of aliphatic imine (C=N–C) groups is 1. The van der Waals surface area contributed by atoms with E-state index in [9.17, 15) is 0 Å². The molecule has 3 rings (SSSR count). The highest BCUT2D eigenvalue weighted by Gasteiger charge is 2.38. The molecular formula is C21H40IN5S. The summed E-state index contributed by atoms with van der Waals surface area (Å²) in [5.41, 5.74) is 0.337. The van der Waals surface area contributed by atoms with Crippen LogP contribution in [0.5, 0.6) is 0 Å². The topological polar surface area (TPSA) is 42.9 Å². The average molecular weight is 522 g/mol. The van der Waals surface area contributed by atoms with Crippen molar-refractivity contribution in [1.29, 1.82) is 0 Å². The van der Waals surface area contributed by atoms with Gasteiger partial charge >= 0.3 is 0 Å². The lowest BCUT2D eigenvalue weighted by molar-refractivity contribution is 0.0625. The molecule has 2 heterocycles. The summed E-state index contributed by atoms with van der Waals surface area (Å²) in [6.45, 7) is 10.7. The first-order valence-electron chi connectivity index (χ1n) is 10.9. The molecule has 0 bridgehead atoms. The van der Waals surface area contributed by atoms with E-state index in [-0.39, 0.29) is 24.0 Å². The number of halogens is 1. The molecule has 0 spiro atoms. The Morgan fingerprint density at radius 2 is 1.82 bits per heavy atom. The van der Waals surface area contributed by atoms with E-state index in [4.69, 9.17) is 0 Å². The second kappa shape index (κ2) is 12.6. The largest absolute Gasteiger partial charge is 0.355 e. The molecule has 3 aliphatic rings. The standard InChI is InChI=1S/C21H39N5S.HI/c1-3-11-25-12-7-19(8-13-25)24-20(22-2)23-18-21(9-5-4-6-10-21)26-14-16-27-17-15-26;/h3,19H,1,4-18H2,2H3,(H2,22,23,24);1H. The van der Waals surface area contributed by atoms with Gasteiger partial charge in [0.25, 0.3) is 0 Å². The van der Waals surface area contributed by atoms with E-state index in [1.807, 2.05) is 13.1 Å². The number of rotatable bonds is 6. The fraction of sp³-hybridized carbons (Fsp3) is 0.857. The minimum absolute atomic E-state index is 0. The Kier molecular flexibility index (Phi) is 11.0. The van der Waals surface area contributed by atoms with Gasteiger partial charge in [0, 0.05) is 69.4 Å². The SMILES string of the molecule is C=CCN1CCC(NC(=NC)NCC2(N3CCSCC3)CCCCC2)CC1.I. The van der Waals surface area contributed by atoms with Gasteiger partial charge in [0.15, 0.2) is 5.96 Å². The van der Waals surface area contributed by atoms with Crippen LogP contribution in [0.4, 0.5) is 0 Å².